The molecule has 0 saturated heterocycles. The van der Waals surface area contributed by atoms with E-state index in [1.165, 1.54) is 0 Å². The SMILES string of the molecule is CCc1cccc(-n2ccnc2C)n1. The van der Waals surface area contributed by atoms with Crippen LogP contribution in [0.25, 0.3) is 5.82 Å². The Kier molecular flexibility index (Phi) is 2.31. The number of hydrogen-bond donors (Lipinski definition) is 0. The summed E-state index contributed by atoms with van der Waals surface area (Å²) in [6.45, 7) is 4.08. The van der Waals surface area contributed by atoms with Crippen molar-refractivity contribution in [1.82, 2.24) is 14.5 Å². The fourth-order valence-corrected chi connectivity index (χ4v) is 1.42. The summed E-state index contributed by atoms with van der Waals surface area (Å²) in [5, 5.41) is 0. The minimum absolute atomic E-state index is 0.944. The maximum atomic E-state index is 4.52. The third-order valence-electron chi connectivity index (χ3n) is 2.23. The first-order chi connectivity index (χ1) is 6.81. The van der Waals surface area contributed by atoms with Crippen LogP contribution in [-0.2, 0) is 6.42 Å². The monoisotopic (exact) mass is 187 g/mol. The van der Waals surface area contributed by atoms with E-state index in [0.717, 1.165) is 23.8 Å². The first-order valence-electron chi connectivity index (χ1n) is 4.77. The predicted molar refractivity (Wildman–Crippen MR) is 55.5 cm³/mol. The topological polar surface area (TPSA) is 30.7 Å². The van der Waals surface area contributed by atoms with E-state index in [2.05, 4.69) is 16.9 Å². The molecule has 0 unspecified atom stereocenters. The van der Waals surface area contributed by atoms with Crippen molar-refractivity contribution in [3.8, 4) is 5.82 Å². The first kappa shape index (κ1) is 8.94. The zero-order chi connectivity index (χ0) is 9.97. The molecule has 2 heterocycles. The van der Waals surface area contributed by atoms with Crippen LogP contribution in [0, 0.1) is 6.92 Å². The third kappa shape index (κ3) is 1.53. The van der Waals surface area contributed by atoms with Crippen molar-refractivity contribution >= 4 is 0 Å². The van der Waals surface area contributed by atoms with Crippen LogP contribution in [0.4, 0.5) is 0 Å². The van der Waals surface area contributed by atoms with Gasteiger partial charge in [-0.25, -0.2) is 9.97 Å². The molecule has 0 saturated carbocycles. The second-order valence-electron chi connectivity index (χ2n) is 3.19. The van der Waals surface area contributed by atoms with Crippen LogP contribution >= 0.6 is 0 Å². The largest absolute Gasteiger partial charge is 0.288 e. The number of rotatable bonds is 2. The molecule has 0 aliphatic carbocycles. The van der Waals surface area contributed by atoms with Crippen molar-refractivity contribution in [2.45, 2.75) is 20.3 Å². The Balaban J connectivity index is 2.47. The lowest BCUT2D eigenvalue weighted by atomic mass is 10.3. The summed E-state index contributed by atoms with van der Waals surface area (Å²) < 4.78 is 1.99. The van der Waals surface area contributed by atoms with Crippen LogP contribution in [0.1, 0.15) is 18.4 Å². The van der Waals surface area contributed by atoms with E-state index in [-0.39, 0.29) is 0 Å². The molecule has 0 aliphatic rings. The molecular formula is C11H13N3. The lowest BCUT2D eigenvalue weighted by molar-refractivity contribution is 0.904. The van der Waals surface area contributed by atoms with Crippen LogP contribution in [0.15, 0.2) is 30.6 Å². The lowest BCUT2D eigenvalue weighted by Crippen LogP contribution is -2.00. The van der Waals surface area contributed by atoms with Gasteiger partial charge in [0.2, 0.25) is 0 Å². The zero-order valence-corrected chi connectivity index (χ0v) is 8.44. The molecular weight excluding hydrogens is 174 g/mol. The second-order valence-corrected chi connectivity index (χ2v) is 3.19. The van der Waals surface area contributed by atoms with Crippen LogP contribution < -0.4 is 0 Å². The standard InChI is InChI=1S/C11H13N3/c1-3-10-5-4-6-11(13-10)14-8-7-12-9(14)2/h4-8H,3H2,1-2H3. The summed E-state index contributed by atoms with van der Waals surface area (Å²) >= 11 is 0. The van der Waals surface area contributed by atoms with Gasteiger partial charge in [-0.05, 0) is 25.5 Å². The number of pyridine rings is 1. The molecule has 0 bridgehead atoms. The average Bonchev–Trinajstić information content (AvgIpc) is 2.65. The highest BCUT2D eigenvalue weighted by Gasteiger charge is 2.01. The molecule has 0 N–H and O–H groups in total. The van der Waals surface area contributed by atoms with Gasteiger partial charge in [-0.1, -0.05) is 13.0 Å². The summed E-state index contributed by atoms with van der Waals surface area (Å²) in [6.07, 6.45) is 4.67. The molecule has 2 aromatic rings. The van der Waals surface area contributed by atoms with Gasteiger partial charge in [0.1, 0.15) is 11.6 Å². The third-order valence-corrected chi connectivity index (χ3v) is 2.23. The van der Waals surface area contributed by atoms with Crippen molar-refractivity contribution in [3.05, 3.63) is 42.1 Å². The Bertz CT molecular complexity index is 432. The van der Waals surface area contributed by atoms with Gasteiger partial charge in [0.05, 0.1) is 0 Å². The number of hydrogen-bond acceptors (Lipinski definition) is 2. The Labute approximate surface area is 83.4 Å². The molecule has 0 amide bonds. The quantitative estimate of drug-likeness (QED) is 0.721. The van der Waals surface area contributed by atoms with E-state index in [0.29, 0.717) is 0 Å². The van der Waals surface area contributed by atoms with Gasteiger partial charge in [-0.2, -0.15) is 0 Å². The highest BCUT2D eigenvalue weighted by atomic mass is 15.1. The maximum absolute atomic E-state index is 4.52. The van der Waals surface area contributed by atoms with Crippen molar-refractivity contribution in [2.24, 2.45) is 0 Å². The van der Waals surface area contributed by atoms with Crippen LogP contribution in [0.2, 0.25) is 0 Å². The summed E-state index contributed by atoms with van der Waals surface area (Å²) in [6, 6.07) is 6.06. The second kappa shape index (κ2) is 3.62. The van der Waals surface area contributed by atoms with E-state index in [1.807, 2.05) is 35.9 Å². The van der Waals surface area contributed by atoms with Crippen LogP contribution in [0.3, 0.4) is 0 Å². The zero-order valence-electron chi connectivity index (χ0n) is 8.44. The van der Waals surface area contributed by atoms with Gasteiger partial charge in [0.25, 0.3) is 0 Å². The smallest absolute Gasteiger partial charge is 0.138 e. The molecule has 0 radical (unpaired) electrons. The average molecular weight is 187 g/mol. The van der Waals surface area contributed by atoms with Crippen LogP contribution in [0.5, 0.6) is 0 Å². The van der Waals surface area contributed by atoms with Crippen molar-refractivity contribution in [3.63, 3.8) is 0 Å². The molecule has 72 valence electrons. The van der Waals surface area contributed by atoms with Crippen LogP contribution in [-0.4, -0.2) is 14.5 Å². The van der Waals surface area contributed by atoms with Gasteiger partial charge in [-0.15, -0.1) is 0 Å². The Morgan fingerprint density at radius 3 is 2.86 bits per heavy atom. The fourth-order valence-electron chi connectivity index (χ4n) is 1.42. The summed E-state index contributed by atoms with van der Waals surface area (Å²) in [5.41, 5.74) is 1.11. The molecule has 0 atom stereocenters. The molecule has 0 aliphatic heterocycles. The maximum Gasteiger partial charge on any atom is 0.138 e. The molecule has 0 aromatic carbocycles. The van der Waals surface area contributed by atoms with Gasteiger partial charge >= 0.3 is 0 Å². The van der Waals surface area contributed by atoms with Crippen molar-refractivity contribution in [2.75, 3.05) is 0 Å². The fraction of sp³-hybridized carbons (Fsp3) is 0.273. The molecule has 0 fully saturated rings. The summed E-state index contributed by atoms with van der Waals surface area (Å²) in [5.74, 6) is 1.91. The Morgan fingerprint density at radius 2 is 2.21 bits per heavy atom. The van der Waals surface area contributed by atoms with E-state index in [1.54, 1.807) is 6.20 Å². The lowest BCUT2D eigenvalue weighted by Gasteiger charge is -2.04. The van der Waals surface area contributed by atoms with Gasteiger partial charge in [-0.3, -0.25) is 4.57 Å². The van der Waals surface area contributed by atoms with Gasteiger partial charge in [0.15, 0.2) is 0 Å². The van der Waals surface area contributed by atoms with E-state index in [9.17, 15) is 0 Å². The predicted octanol–water partition coefficient (Wildman–Crippen LogP) is 2.14. The Morgan fingerprint density at radius 1 is 1.36 bits per heavy atom. The summed E-state index contributed by atoms with van der Waals surface area (Å²) in [4.78, 5) is 8.69. The highest BCUT2D eigenvalue weighted by molar-refractivity contribution is 5.26. The minimum atomic E-state index is 0.944. The normalized spacial score (nSPS) is 10.4. The minimum Gasteiger partial charge on any atom is -0.288 e. The molecule has 14 heavy (non-hydrogen) atoms. The van der Waals surface area contributed by atoms with Gasteiger partial charge in [0, 0.05) is 18.1 Å². The van der Waals surface area contributed by atoms with Crippen molar-refractivity contribution in [1.29, 1.82) is 0 Å². The van der Waals surface area contributed by atoms with Crippen molar-refractivity contribution < 1.29 is 0 Å². The molecule has 3 heteroatoms. The van der Waals surface area contributed by atoms with E-state index in [4.69, 9.17) is 0 Å². The molecule has 0 spiro atoms. The molecule has 3 nitrogen and oxygen atoms in total. The van der Waals surface area contributed by atoms with E-state index >= 15 is 0 Å². The Hall–Kier alpha value is -1.64. The number of imidazole rings is 1. The van der Waals surface area contributed by atoms with Gasteiger partial charge < -0.3 is 0 Å². The number of aromatic nitrogens is 3. The molecule has 2 aromatic heterocycles. The summed E-state index contributed by atoms with van der Waals surface area (Å²) in [7, 11) is 0. The number of nitrogens with zero attached hydrogens (tertiary/aromatic N) is 3. The highest BCUT2D eigenvalue weighted by Crippen LogP contribution is 2.08. The number of aryl methyl sites for hydroxylation is 2. The van der Waals surface area contributed by atoms with E-state index < -0.39 is 0 Å². The molecule has 2 rings (SSSR count). The first-order valence-corrected chi connectivity index (χ1v) is 4.77.